The summed E-state index contributed by atoms with van der Waals surface area (Å²) in [4.78, 5) is 17.1. The fourth-order valence-electron chi connectivity index (χ4n) is 4.99. The second-order valence-electron chi connectivity index (χ2n) is 11.4. The van der Waals surface area contributed by atoms with Crippen LogP contribution in [0.4, 0.5) is 0 Å². The Morgan fingerprint density at radius 1 is 0.824 bits per heavy atom. The minimum absolute atomic E-state index is 0.168. The summed E-state index contributed by atoms with van der Waals surface area (Å²) < 4.78 is 0. The first-order valence-electron chi connectivity index (χ1n) is 14.1. The summed E-state index contributed by atoms with van der Waals surface area (Å²) in [5.41, 5.74) is 2.32. The van der Waals surface area contributed by atoms with Gasteiger partial charge in [-0.1, -0.05) is 102 Å². The largest absolute Gasteiger partial charge is 0.336 e. The van der Waals surface area contributed by atoms with Gasteiger partial charge in [-0.05, 0) is 49.7 Å². The Morgan fingerprint density at radius 2 is 1.38 bits per heavy atom. The lowest BCUT2D eigenvalue weighted by Gasteiger charge is -2.34. The van der Waals surface area contributed by atoms with Gasteiger partial charge in [0.25, 0.3) is 5.91 Å². The fourth-order valence-corrected chi connectivity index (χ4v) is 4.99. The van der Waals surface area contributed by atoms with Crippen LogP contribution < -0.4 is 0 Å². The minimum atomic E-state index is 0.168. The fraction of sp³-hybridized carbons (Fsp3) is 0.710. The maximum atomic E-state index is 12.6. The highest BCUT2D eigenvalue weighted by atomic mass is 16.2. The van der Waals surface area contributed by atoms with Crippen LogP contribution in [0.1, 0.15) is 103 Å². The van der Waals surface area contributed by atoms with E-state index >= 15 is 0 Å². The number of carbonyl (C=O) groups is 1. The molecule has 3 nitrogen and oxygen atoms in total. The predicted octanol–water partition coefficient (Wildman–Crippen LogP) is 7.83. The Bertz CT molecular complexity index is 703. The van der Waals surface area contributed by atoms with Gasteiger partial charge in [0.2, 0.25) is 0 Å². The Balaban J connectivity index is 1.53. The third-order valence-electron chi connectivity index (χ3n) is 7.52. The molecule has 1 fully saturated rings. The van der Waals surface area contributed by atoms with Crippen LogP contribution >= 0.6 is 0 Å². The molecule has 2 unspecified atom stereocenters. The van der Waals surface area contributed by atoms with Gasteiger partial charge in [0.05, 0.1) is 0 Å². The van der Waals surface area contributed by atoms with Crippen LogP contribution in [-0.4, -0.2) is 48.4 Å². The van der Waals surface area contributed by atoms with Crippen molar-refractivity contribution in [1.29, 1.82) is 0 Å². The van der Waals surface area contributed by atoms with Crippen molar-refractivity contribution >= 4 is 5.91 Å². The van der Waals surface area contributed by atoms with Gasteiger partial charge in [0, 0.05) is 38.3 Å². The van der Waals surface area contributed by atoms with Crippen LogP contribution in [0.2, 0.25) is 0 Å². The molecule has 1 aromatic carbocycles. The number of hydrogen-bond donors (Lipinski definition) is 0. The molecule has 2 rings (SSSR count). The molecule has 1 aromatic rings. The first kappa shape index (κ1) is 28.6. The van der Waals surface area contributed by atoms with Crippen molar-refractivity contribution in [1.82, 2.24) is 9.80 Å². The Hall–Kier alpha value is -1.61. The monoisotopic (exact) mass is 468 g/mol. The van der Waals surface area contributed by atoms with Gasteiger partial charge in [-0.2, -0.15) is 0 Å². The molecular weight excluding hydrogens is 416 g/mol. The maximum absolute atomic E-state index is 12.6. The maximum Gasteiger partial charge on any atom is 0.253 e. The lowest BCUT2D eigenvalue weighted by Crippen LogP contribution is -2.48. The molecule has 1 aliphatic rings. The molecule has 0 aliphatic carbocycles. The van der Waals surface area contributed by atoms with E-state index in [9.17, 15) is 4.79 Å². The second kappa shape index (κ2) is 16.1. The van der Waals surface area contributed by atoms with E-state index in [1.807, 2.05) is 35.2 Å². The van der Waals surface area contributed by atoms with Gasteiger partial charge >= 0.3 is 0 Å². The van der Waals surface area contributed by atoms with E-state index in [-0.39, 0.29) is 5.91 Å². The molecule has 0 N–H and O–H groups in total. The minimum Gasteiger partial charge on any atom is -0.336 e. The van der Waals surface area contributed by atoms with Crippen LogP contribution in [0.25, 0.3) is 0 Å². The first-order valence-corrected chi connectivity index (χ1v) is 14.1. The summed E-state index contributed by atoms with van der Waals surface area (Å²) in [6.45, 7) is 16.5. The number of amides is 1. The summed E-state index contributed by atoms with van der Waals surface area (Å²) in [5, 5.41) is 0. The van der Waals surface area contributed by atoms with Crippen molar-refractivity contribution in [3.8, 4) is 0 Å². The summed E-state index contributed by atoms with van der Waals surface area (Å²) in [6.07, 6.45) is 14.7. The van der Waals surface area contributed by atoms with Crippen molar-refractivity contribution in [2.24, 2.45) is 17.8 Å². The number of carbonyl (C=O) groups excluding carboxylic acids is 1. The molecule has 1 heterocycles. The lowest BCUT2D eigenvalue weighted by molar-refractivity contribution is 0.0650. The highest BCUT2D eigenvalue weighted by Crippen LogP contribution is 2.22. The van der Waals surface area contributed by atoms with Crippen molar-refractivity contribution in [2.45, 2.75) is 92.4 Å². The summed E-state index contributed by atoms with van der Waals surface area (Å²) >= 11 is 0. The molecule has 0 bridgehead atoms. The van der Waals surface area contributed by atoms with Gasteiger partial charge < -0.3 is 4.90 Å². The molecular formula is C31H52N2O. The van der Waals surface area contributed by atoms with E-state index in [4.69, 9.17) is 0 Å². The molecule has 0 saturated carbocycles. The Labute approximate surface area is 211 Å². The quantitative estimate of drug-likeness (QED) is 0.245. The van der Waals surface area contributed by atoms with Crippen LogP contribution in [0.3, 0.4) is 0 Å². The topological polar surface area (TPSA) is 23.6 Å². The number of piperazine rings is 1. The molecule has 1 amide bonds. The highest BCUT2D eigenvalue weighted by Gasteiger charge is 2.21. The third kappa shape index (κ3) is 11.7. The van der Waals surface area contributed by atoms with E-state index < -0.39 is 0 Å². The third-order valence-corrected chi connectivity index (χ3v) is 7.52. The van der Waals surface area contributed by atoms with Crippen LogP contribution in [0, 0.1) is 17.8 Å². The van der Waals surface area contributed by atoms with Crippen molar-refractivity contribution in [2.75, 3.05) is 32.7 Å². The van der Waals surface area contributed by atoms with E-state index in [1.165, 1.54) is 63.4 Å². The summed E-state index contributed by atoms with van der Waals surface area (Å²) in [7, 11) is 0. The van der Waals surface area contributed by atoms with Crippen molar-refractivity contribution < 1.29 is 4.79 Å². The van der Waals surface area contributed by atoms with Gasteiger partial charge in [-0.3, -0.25) is 9.69 Å². The van der Waals surface area contributed by atoms with Gasteiger partial charge in [0.1, 0.15) is 0 Å². The van der Waals surface area contributed by atoms with Gasteiger partial charge in [-0.25, -0.2) is 0 Å². The molecule has 0 aromatic heterocycles. The molecule has 3 heteroatoms. The number of nitrogens with zero attached hydrogens (tertiary/aromatic N) is 2. The smallest absolute Gasteiger partial charge is 0.253 e. The molecule has 0 spiro atoms. The first-order chi connectivity index (χ1) is 16.3. The lowest BCUT2D eigenvalue weighted by atomic mass is 9.91. The molecule has 192 valence electrons. The highest BCUT2D eigenvalue weighted by molar-refractivity contribution is 5.94. The Kier molecular flexibility index (Phi) is 13.6. The zero-order chi connectivity index (χ0) is 24.8. The Morgan fingerprint density at radius 3 is 1.97 bits per heavy atom. The number of benzene rings is 1. The molecule has 0 radical (unpaired) electrons. The molecule has 1 saturated heterocycles. The number of allylic oxidation sites excluding steroid dienone is 1. The number of rotatable bonds is 15. The van der Waals surface area contributed by atoms with Crippen molar-refractivity contribution in [3.63, 3.8) is 0 Å². The standard InChI is InChI=1S/C31H52N2O/c1-26(2)12-9-13-27(3)14-10-15-28(4)16-11-17-29(5)20-21-32-22-24-33(25-23-32)31(34)30-18-7-6-8-19-30/h6-8,18-20,26-28H,9-17,21-25H2,1-5H3/b29-20+. The second-order valence-corrected chi connectivity index (χ2v) is 11.4. The van der Waals surface area contributed by atoms with E-state index in [0.717, 1.165) is 56.0 Å². The average Bonchev–Trinajstić information content (AvgIpc) is 2.83. The van der Waals surface area contributed by atoms with Gasteiger partial charge in [0.15, 0.2) is 0 Å². The molecule has 2 atom stereocenters. The van der Waals surface area contributed by atoms with E-state index in [2.05, 4.69) is 45.6 Å². The summed E-state index contributed by atoms with van der Waals surface area (Å²) in [5.74, 6) is 2.77. The molecule has 34 heavy (non-hydrogen) atoms. The van der Waals surface area contributed by atoms with Crippen molar-refractivity contribution in [3.05, 3.63) is 47.5 Å². The SMILES string of the molecule is C/C(=C\CN1CCN(C(=O)c2ccccc2)CC1)CCCC(C)CCCC(C)CCCC(C)C. The predicted molar refractivity (Wildman–Crippen MR) is 147 cm³/mol. The summed E-state index contributed by atoms with van der Waals surface area (Å²) in [6, 6.07) is 9.66. The van der Waals surface area contributed by atoms with E-state index in [0.29, 0.717) is 0 Å². The van der Waals surface area contributed by atoms with E-state index in [1.54, 1.807) is 0 Å². The molecule has 1 aliphatic heterocycles. The average molecular weight is 469 g/mol. The number of hydrogen-bond acceptors (Lipinski definition) is 2. The van der Waals surface area contributed by atoms with Crippen LogP contribution in [0.15, 0.2) is 42.0 Å². The zero-order valence-electron chi connectivity index (χ0n) is 22.9. The normalized spacial score (nSPS) is 17.2. The zero-order valence-corrected chi connectivity index (χ0v) is 22.9. The van der Waals surface area contributed by atoms with Crippen LogP contribution in [0.5, 0.6) is 0 Å². The van der Waals surface area contributed by atoms with Crippen LogP contribution in [-0.2, 0) is 0 Å². The van der Waals surface area contributed by atoms with Gasteiger partial charge in [-0.15, -0.1) is 0 Å².